The number of anilines is 1. The maximum absolute atomic E-state index is 13.0. The minimum atomic E-state index is -4.48. The maximum Gasteiger partial charge on any atom is 0.433 e. The summed E-state index contributed by atoms with van der Waals surface area (Å²) < 4.78 is 39.8. The number of hydrogen-bond donors (Lipinski definition) is 2. The molecular weight excluding hydrogens is 345 g/mol. The molecule has 8 heteroatoms. The Labute approximate surface area is 148 Å². The Hall–Kier alpha value is -2.35. The molecule has 2 N–H and O–H groups in total. The van der Waals surface area contributed by atoms with Crippen molar-refractivity contribution >= 4 is 11.6 Å². The summed E-state index contributed by atoms with van der Waals surface area (Å²) in [5, 5.41) is 9.98. The van der Waals surface area contributed by atoms with E-state index < -0.39 is 11.9 Å². The molecule has 1 aliphatic heterocycles. The van der Waals surface area contributed by atoms with E-state index in [1.165, 1.54) is 12.1 Å². The molecule has 2 aromatic rings. The van der Waals surface area contributed by atoms with Crippen LogP contribution in [0.4, 0.5) is 18.9 Å². The van der Waals surface area contributed by atoms with E-state index in [9.17, 15) is 18.0 Å². The van der Waals surface area contributed by atoms with E-state index >= 15 is 0 Å². The predicted octanol–water partition coefficient (Wildman–Crippen LogP) is 3.22. The average molecular weight is 364 g/mol. The van der Waals surface area contributed by atoms with E-state index in [0.29, 0.717) is 23.8 Å². The SMILES string of the molecule is O=C(Nc1ccc(-n2nccc2C(F)(F)F)cc1)[C@@]12CCC[C@@H]1CNC2. The summed E-state index contributed by atoms with van der Waals surface area (Å²) in [6.45, 7) is 1.55. The molecule has 1 amide bonds. The first-order chi connectivity index (χ1) is 12.4. The lowest BCUT2D eigenvalue weighted by Gasteiger charge is -2.26. The van der Waals surface area contributed by atoms with E-state index in [1.807, 2.05) is 0 Å². The zero-order valence-electron chi connectivity index (χ0n) is 14.0. The summed E-state index contributed by atoms with van der Waals surface area (Å²) >= 11 is 0. The fourth-order valence-electron chi connectivity index (χ4n) is 4.19. The fourth-order valence-corrected chi connectivity index (χ4v) is 4.19. The first-order valence-electron chi connectivity index (χ1n) is 8.64. The molecule has 0 radical (unpaired) electrons. The van der Waals surface area contributed by atoms with Crippen LogP contribution in [0, 0.1) is 11.3 Å². The summed E-state index contributed by atoms with van der Waals surface area (Å²) in [4.78, 5) is 12.8. The smallest absolute Gasteiger partial charge is 0.326 e. The lowest BCUT2D eigenvalue weighted by molar-refractivity contribution is -0.142. The number of alkyl halides is 3. The van der Waals surface area contributed by atoms with Gasteiger partial charge in [-0.1, -0.05) is 6.42 Å². The van der Waals surface area contributed by atoms with E-state index in [2.05, 4.69) is 15.7 Å². The average Bonchev–Trinajstić information content (AvgIpc) is 3.30. The largest absolute Gasteiger partial charge is 0.433 e. The van der Waals surface area contributed by atoms with Crippen molar-refractivity contribution in [3.05, 3.63) is 42.2 Å². The van der Waals surface area contributed by atoms with Gasteiger partial charge >= 0.3 is 6.18 Å². The van der Waals surface area contributed by atoms with E-state index in [0.717, 1.165) is 42.8 Å². The molecule has 1 aromatic carbocycles. The number of carbonyl (C=O) groups is 1. The van der Waals surface area contributed by atoms with Crippen molar-refractivity contribution < 1.29 is 18.0 Å². The van der Waals surface area contributed by atoms with Gasteiger partial charge < -0.3 is 10.6 Å². The van der Waals surface area contributed by atoms with Gasteiger partial charge in [-0.25, -0.2) is 4.68 Å². The normalized spacial score (nSPS) is 25.3. The van der Waals surface area contributed by atoms with Crippen molar-refractivity contribution in [3.8, 4) is 5.69 Å². The molecule has 1 saturated heterocycles. The van der Waals surface area contributed by atoms with Gasteiger partial charge in [0.15, 0.2) is 0 Å². The van der Waals surface area contributed by atoms with Gasteiger partial charge in [-0.15, -0.1) is 0 Å². The van der Waals surface area contributed by atoms with E-state index in [-0.39, 0.29) is 11.3 Å². The van der Waals surface area contributed by atoms with Gasteiger partial charge in [0.25, 0.3) is 0 Å². The molecule has 2 fully saturated rings. The van der Waals surface area contributed by atoms with E-state index in [4.69, 9.17) is 0 Å². The molecule has 2 heterocycles. The molecule has 5 nitrogen and oxygen atoms in total. The molecule has 1 aliphatic carbocycles. The summed E-state index contributed by atoms with van der Waals surface area (Å²) in [6.07, 6.45) is -0.381. The minimum absolute atomic E-state index is 0.00665. The highest BCUT2D eigenvalue weighted by atomic mass is 19.4. The number of hydrogen-bond acceptors (Lipinski definition) is 3. The van der Waals surface area contributed by atoms with Gasteiger partial charge in [0.2, 0.25) is 5.91 Å². The van der Waals surface area contributed by atoms with Gasteiger partial charge in [0.05, 0.1) is 17.3 Å². The zero-order chi connectivity index (χ0) is 18.4. The number of amides is 1. The highest BCUT2D eigenvalue weighted by molar-refractivity contribution is 5.96. The Morgan fingerprint density at radius 2 is 2.04 bits per heavy atom. The number of carbonyl (C=O) groups excluding carboxylic acids is 1. The van der Waals surface area contributed by atoms with Crippen LogP contribution < -0.4 is 10.6 Å². The second-order valence-electron chi connectivity index (χ2n) is 7.00. The molecular formula is C18H19F3N4O. The Bertz CT molecular complexity index is 803. The monoisotopic (exact) mass is 364 g/mol. The van der Waals surface area contributed by atoms with Crippen molar-refractivity contribution in [2.24, 2.45) is 11.3 Å². The second kappa shape index (κ2) is 6.12. The van der Waals surface area contributed by atoms with Crippen LogP contribution in [0.15, 0.2) is 36.5 Å². The Balaban J connectivity index is 1.52. The van der Waals surface area contributed by atoms with Gasteiger partial charge in [-0.05, 0) is 55.6 Å². The first kappa shape index (κ1) is 17.1. The van der Waals surface area contributed by atoms with Crippen molar-refractivity contribution in [1.82, 2.24) is 15.1 Å². The molecule has 4 rings (SSSR count). The molecule has 2 atom stereocenters. The van der Waals surface area contributed by atoms with Crippen LogP contribution in [0.5, 0.6) is 0 Å². The van der Waals surface area contributed by atoms with Crippen molar-refractivity contribution in [3.63, 3.8) is 0 Å². The topological polar surface area (TPSA) is 59.0 Å². The van der Waals surface area contributed by atoms with Crippen LogP contribution in [0.2, 0.25) is 0 Å². The molecule has 1 saturated carbocycles. The number of rotatable bonds is 3. The number of nitrogens with one attached hydrogen (secondary N) is 2. The van der Waals surface area contributed by atoms with E-state index in [1.54, 1.807) is 12.1 Å². The molecule has 138 valence electrons. The molecule has 0 unspecified atom stereocenters. The molecule has 26 heavy (non-hydrogen) atoms. The van der Waals surface area contributed by atoms with Gasteiger partial charge in [-0.3, -0.25) is 4.79 Å². The first-order valence-corrected chi connectivity index (χ1v) is 8.64. The number of fused-ring (bicyclic) bond motifs is 1. The Morgan fingerprint density at radius 1 is 1.27 bits per heavy atom. The van der Waals surface area contributed by atoms with Crippen LogP contribution in [0.25, 0.3) is 5.69 Å². The quantitative estimate of drug-likeness (QED) is 0.879. The van der Waals surface area contributed by atoms with Gasteiger partial charge in [0.1, 0.15) is 5.69 Å². The van der Waals surface area contributed by atoms with Crippen LogP contribution in [-0.4, -0.2) is 28.8 Å². The zero-order valence-corrected chi connectivity index (χ0v) is 14.0. The van der Waals surface area contributed by atoms with Crippen molar-refractivity contribution in [2.45, 2.75) is 25.4 Å². The molecule has 2 aliphatic rings. The standard InChI is InChI=1S/C18H19F3N4O/c19-18(20,21)15-7-9-23-25(15)14-5-3-13(4-6-14)24-16(26)17-8-1-2-12(17)10-22-11-17/h3-7,9,12,22H,1-2,8,10-11H2,(H,24,26)/t12-,17-/m1/s1. The highest BCUT2D eigenvalue weighted by Gasteiger charge is 2.51. The van der Waals surface area contributed by atoms with Gasteiger partial charge in [0, 0.05) is 12.2 Å². The second-order valence-corrected chi connectivity index (χ2v) is 7.00. The molecule has 0 bridgehead atoms. The van der Waals surface area contributed by atoms with Crippen molar-refractivity contribution in [1.29, 1.82) is 0 Å². The Kier molecular flexibility index (Phi) is 4.02. The Morgan fingerprint density at radius 3 is 2.77 bits per heavy atom. The summed E-state index contributed by atoms with van der Waals surface area (Å²) in [5.74, 6) is 0.355. The third-order valence-electron chi connectivity index (χ3n) is 5.54. The van der Waals surface area contributed by atoms with Crippen molar-refractivity contribution in [2.75, 3.05) is 18.4 Å². The van der Waals surface area contributed by atoms with Gasteiger partial charge in [-0.2, -0.15) is 18.3 Å². The summed E-state index contributed by atoms with van der Waals surface area (Å²) in [6, 6.07) is 7.20. The summed E-state index contributed by atoms with van der Waals surface area (Å²) in [5.41, 5.74) is -0.324. The lowest BCUT2D eigenvalue weighted by Crippen LogP contribution is -2.39. The molecule has 1 aromatic heterocycles. The third kappa shape index (κ3) is 2.78. The lowest BCUT2D eigenvalue weighted by atomic mass is 9.80. The van der Waals surface area contributed by atoms with Crippen LogP contribution >= 0.6 is 0 Å². The fraction of sp³-hybridized carbons (Fsp3) is 0.444. The third-order valence-corrected chi connectivity index (χ3v) is 5.54. The number of benzene rings is 1. The highest BCUT2D eigenvalue weighted by Crippen LogP contribution is 2.46. The minimum Gasteiger partial charge on any atom is -0.326 e. The number of aromatic nitrogens is 2. The van der Waals surface area contributed by atoms with Crippen LogP contribution in [0.3, 0.4) is 0 Å². The van der Waals surface area contributed by atoms with Crippen LogP contribution in [0.1, 0.15) is 25.0 Å². The maximum atomic E-state index is 13.0. The van der Waals surface area contributed by atoms with Crippen LogP contribution in [-0.2, 0) is 11.0 Å². The molecule has 0 spiro atoms. The summed E-state index contributed by atoms with van der Waals surface area (Å²) in [7, 11) is 0. The number of halogens is 3. The predicted molar refractivity (Wildman–Crippen MR) is 89.8 cm³/mol. The number of nitrogens with zero attached hydrogens (tertiary/aromatic N) is 2.